The van der Waals surface area contributed by atoms with Gasteiger partial charge in [0, 0.05) is 12.1 Å². The van der Waals surface area contributed by atoms with Crippen molar-refractivity contribution in [2.75, 3.05) is 13.7 Å². The fourth-order valence-electron chi connectivity index (χ4n) is 4.04. The average molecular weight is 408 g/mol. The lowest BCUT2D eigenvalue weighted by atomic mass is 9.92. The molecule has 0 radical (unpaired) electrons. The van der Waals surface area contributed by atoms with Crippen LogP contribution < -0.4 is 4.74 Å². The maximum atomic E-state index is 13.0. The van der Waals surface area contributed by atoms with E-state index in [0.29, 0.717) is 17.9 Å². The number of aliphatic hydroxyl groups is 1. The number of rotatable bonds is 7. The molecule has 0 aliphatic carbocycles. The lowest BCUT2D eigenvalue weighted by Crippen LogP contribution is -2.31. The Morgan fingerprint density at radius 2 is 1.80 bits per heavy atom. The number of Topliss-reactive ketones (excluding diaryl/α,β-unsaturated/α-hetero) is 1. The number of nitrogens with zero attached hydrogens (tertiary/aromatic N) is 1. The predicted molar refractivity (Wildman–Crippen MR) is 117 cm³/mol. The molecule has 0 aromatic heterocycles. The maximum absolute atomic E-state index is 13.0. The molecule has 3 rings (SSSR count). The van der Waals surface area contributed by atoms with Crippen molar-refractivity contribution in [3.63, 3.8) is 0 Å². The summed E-state index contributed by atoms with van der Waals surface area (Å²) in [6.45, 7) is 6.41. The predicted octanol–water partition coefficient (Wildman–Crippen LogP) is 4.92. The van der Waals surface area contributed by atoms with Crippen LogP contribution >= 0.6 is 0 Å². The van der Waals surface area contributed by atoms with E-state index in [4.69, 9.17) is 4.74 Å². The van der Waals surface area contributed by atoms with E-state index in [1.54, 1.807) is 30.2 Å². The molecule has 1 amide bonds. The van der Waals surface area contributed by atoms with E-state index in [-0.39, 0.29) is 11.3 Å². The average Bonchev–Trinajstić information content (AvgIpc) is 2.98. The van der Waals surface area contributed by atoms with Crippen LogP contribution in [0.2, 0.25) is 0 Å². The standard InChI is InChI=1S/C25H29NO4/c1-5-6-9-14-26-22(19-11-8-7-10-16(19)2)21(24(28)25(26)29)23(27)18-12-13-20(30-4)17(3)15-18/h7-8,10-13,15,22,27H,5-6,9,14H2,1-4H3/b23-21+. The molecule has 1 unspecified atom stereocenters. The Morgan fingerprint density at radius 3 is 2.43 bits per heavy atom. The van der Waals surface area contributed by atoms with E-state index < -0.39 is 17.7 Å². The minimum atomic E-state index is -0.634. The summed E-state index contributed by atoms with van der Waals surface area (Å²) in [6.07, 6.45) is 2.80. The van der Waals surface area contributed by atoms with E-state index in [1.807, 2.05) is 38.1 Å². The van der Waals surface area contributed by atoms with Crippen molar-refractivity contribution in [1.29, 1.82) is 0 Å². The fraction of sp³-hybridized carbons (Fsp3) is 0.360. The number of likely N-dealkylation sites (tertiary alicyclic amines) is 1. The zero-order valence-corrected chi connectivity index (χ0v) is 18.1. The highest BCUT2D eigenvalue weighted by Gasteiger charge is 2.46. The molecule has 1 heterocycles. The molecule has 1 fully saturated rings. The second-order valence-electron chi connectivity index (χ2n) is 7.74. The van der Waals surface area contributed by atoms with Crippen molar-refractivity contribution < 1.29 is 19.4 Å². The van der Waals surface area contributed by atoms with Crippen LogP contribution in [0.25, 0.3) is 5.76 Å². The monoisotopic (exact) mass is 407 g/mol. The number of hydrogen-bond acceptors (Lipinski definition) is 4. The Kier molecular flexibility index (Phi) is 6.60. The van der Waals surface area contributed by atoms with Crippen LogP contribution in [0.5, 0.6) is 5.75 Å². The zero-order valence-electron chi connectivity index (χ0n) is 18.1. The van der Waals surface area contributed by atoms with Gasteiger partial charge in [0.2, 0.25) is 0 Å². The van der Waals surface area contributed by atoms with Gasteiger partial charge < -0.3 is 14.7 Å². The molecule has 30 heavy (non-hydrogen) atoms. The number of aryl methyl sites for hydroxylation is 2. The van der Waals surface area contributed by atoms with Gasteiger partial charge in [-0.15, -0.1) is 0 Å². The number of ether oxygens (including phenoxy) is 1. The first-order valence-electron chi connectivity index (χ1n) is 10.4. The van der Waals surface area contributed by atoms with Crippen LogP contribution in [0, 0.1) is 13.8 Å². The zero-order chi connectivity index (χ0) is 21.8. The molecule has 5 nitrogen and oxygen atoms in total. The highest BCUT2D eigenvalue weighted by molar-refractivity contribution is 6.46. The lowest BCUT2D eigenvalue weighted by molar-refractivity contribution is -0.139. The van der Waals surface area contributed by atoms with Gasteiger partial charge in [-0.1, -0.05) is 44.0 Å². The van der Waals surface area contributed by atoms with Gasteiger partial charge in [0.25, 0.3) is 11.7 Å². The molecule has 2 aromatic carbocycles. The topological polar surface area (TPSA) is 66.8 Å². The molecule has 2 aromatic rings. The first kappa shape index (κ1) is 21.6. The summed E-state index contributed by atoms with van der Waals surface area (Å²) in [6, 6.07) is 12.3. The first-order valence-corrected chi connectivity index (χ1v) is 10.4. The number of methoxy groups -OCH3 is 1. The molecule has 1 atom stereocenters. The normalized spacial score (nSPS) is 18.1. The molecule has 0 bridgehead atoms. The van der Waals surface area contributed by atoms with Crippen LogP contribution in [0.4, 0.5) is 0 Å². The van der Waals surface area contributed by atoms with Gasteiger partial charge in [-0.25, -0.2) is 0 Å². The van der Waals surface area contributed by atoms with Gasteiger partial charge in [-0.2, -0.15) is 0 Å². The first-order chi connectivity index (χ1) is 14.4. The number of aliphatic hydroxyl groups excluding tert-OH is 1. The lowest BCUT2D eigenvalue weighted by Gasteiger charge is -2.26. The largest absolute Gasteiger partial charge is 0.507 e. The number of amides is 1. The number of hydrogen-bond donors (Lipinski definition) is 1. The van der Waals surface area contributed by atoms with Gasteiger partial charge in [0.15, 0.2) is 0 Å². The third kappa shape index (κ3) is 3.97. The summed E-state index contributed by atoms with van der Waals surface area (Å²) >= 11 is 0. The molecule has 158 valence electrons. The van der Waals surface area contributed by atoms with Crippen molar-refractivity contribution in [1.82, 2.24) is 4.90 Å². The smallest absolute Gasteiger partial charge is 0.295 e. The Morgan fingerprint density at radius 1 is 1.07 bits per heavy atom. The van der Waals surface area contributed by atoms with Gasteiger partial charge in [-0.05, 0) is 55.2 Å². The number of ketones is 1. The van der Waals surface area contributed by atoms with E-state index in [1.165, 1.54) is 0 Å². The van der Waals surface area contributed by atoms with Crippen molar-refractivity contribution >= 4 is 17.4 Å². The van der Waals surface area contributed by atoms with Crippen molar-refractivity contribution in [3.05, 3.63) is 70.3 Å². The van der Waals surface area contributed by atoms with Crippen molar-refractivity contribution in [3.8, 4) is 5.75 Å². The summed E-state index contributed by atoms with van der Waals surface area (Å²) in [5.74, 6) is -0.635. The number of benzene rings is 2. The third-order valence-electron chi connectivity index (χ3n) is 5.69. The number of carbonyl (C=O) groups is 2. The minimum absolute atomic E-state index is 0.148. The summed E-state index contributed by atoms with van der Waals surface area (Å²) in [4.78, 5) is 27.6. The quantitative estimate of drug-likeness (QED) is 0.306. The maximum Gasteiger partial charge on any atom is 0.295 e. The van der Waals surface area contributed by atoms with Crippen molar-refractivity contribution in [2.24, 2.45) is 0 Å². The highest BCUT2D eigenvalue weighted by atomic mass is 16.5. The van der Waals surface area contributed by atoms with Gasteiger partial charge in [-0.3, -0.25) is 9.59 Å². The fourth-order valence-corrected chi connectivity index (χ4v) is 4.04. The summed E-state index contributed by atoms with van der Waals surface area (Å²) < 4.78 is 5.29. The van der Waals surface area contributed by atoms with Gasteiger partial charge in [0.05, 0.1) is 18.7 Å². The van der Waals surface area contributed by atoms with E-state index in [9.17, 15) is 14.7 Å². The summed E-state index contributed by atoms with van der Waals surface area (Å²) in [5.41, 5.74) is 3.32. The van der Waals surface area contributed by atoms with Crippen LogP contribution in [-0.4, -0.2) is 35.4 Å². The number of carbonyl (C=O) groups excluding carboxylic acids is 2. The molecule has 1 N–H and O–H groups in total. The Labute approximate surface area is 178 Å². The van der Waals surface area contributed by atoms with Crippen LogP contribution in [-0.2, 0) is 9.59 Å². The highest BCUT2D eigenvalue weighted by Crippen LogP contribution is 2.41. The molecular weight excluding hydrogens is 378 g/mol. The molecule has 0 spiro atoms. The summed E-state index contributed by atoms with van der Waals surface area (Å²) in [7, 11) is 1.59. The van der Waals surface area contributed by atoms with Crippen molar-refractivity contribution in [2.45, 2.75) is 46.1 Å². The van der Waals surface area contributed by atoms with Gasteiger partial charge >= 0.3 is 0 Å². The summed E-state index contributed by atoms with van der Waals surface area (Å²) in [5, 5.41) is 11.1. The van der Waals surface area contributed by atoms with E-state index in [2.05, 4.69) is 6.92 Å². The SMILES string of the molecule is CCCCCN1C(=O)C(=O)/C(=C(/O)c2ccc(OC)c(C)c2)C1c1ccccc1C. The Hall–Kier alpha value is -3.08. The molecule has 0 saturated carbocycles. The molecule has 1 aliphatic heterocycles. The molecule has 1 saturated heterocycles. The molecule has 5 heteroatoms. The van der Waals surface area contributed by atoms with Crippen LogP contribution in [0.15, 0.2) is 48.0 Å². The van der Waals surface area contributed by atoms with Gasteiger partial charge in [0.1, 0.15) is 11.5 Å². The van der Waals surface area contributed by atoms with Crippen LogP contribution in [0.3, 0.4) is 0 Å². The van der Waals surface area contributed by atoms with E-state index in [0.717, 1.165) is 36.0 Å². The molecular formula is C25H29NO4. The third-order valence-corrected chi connectivity index (χ3v) is 5.69. The second kappa shape index (κ2) is 9.16. The number of unbranched alkanes of at least 4 members (excludes halogenated alkanes) is 2. The van der Waals surface area contributed by atoms with E-state index >= 15 is 0 Å². The molecule has 1 aliphatic rings. The Bertz CT molecular complexity index is 992. The second-order valence-corrected chi connectivity index (χ2v) is 7.74. The Balaban J connectivity index is 2.15. The van der Waals surface area contributed by atoms with Crippen LogP contribution in [0.1, 0.15) is 54.5 Å². The minimum Gasteiger partial charge on any atom is -0.507 e.